The SMILES string of the molecule is COC(=O)c1c(-c2ccccc2C)c2cc(C)c(C)cc2n(C)c1=O. The van der Waals surface area contributed by atoms with E-state index in [0.717, 1.165) is 33.2 Å². The molecule has 0 spiro atoms. The number of hydrogen-bond acceptors (Lipinski definition) is 3. The lowest BCUT2D eigenvalue weighted by Crippen LogP contribution is -2.27. The molecule has 3 rings (SSSR count). The fourth-order valence-corrected chi connectivity index (χ4v) is 3.22. The van der Waals surface area contributed by atoms with E-state index in [1.54, 1.807) is 7.05 Å². The van der Waals surface area contributed by atoms with Crippen LogP contribution in [-0.2, 0) is 11.8 Å². The third kappa shape index (κ3) is 2.64. The molecule has 1 heterocycles. The molecule has 4 heteroatoms. The molecule has 0 fully saturated rings. The second-order valence-corrected chi connectivity index (χ2v) is 6.37. The lowest BCUT2D eigenvalue weighted by atomic mass is 9.91. The highest BCUT2D eigenvalue weighted by Gasteiger charge is 2.24. The molecule has 0 atom stereocenters. The summed E-state index contributed by atoms with van der Waals surface area (Å²) in [4.78, 5) is 25.4. The number of methoxy groups -OCH3 is 1. The first-order valence-electron chi connectivity index (χ1n) is 8.15. The van der Waals surface area contributed by atoms with Crippen molar-refractivity contribution in [2.75, 3.05) is 7.11 Å². The predicted molar refractivity (Wildman–Crippen MR) is 100 cm³/mol. The van der Waals surface area contributed by atoms with Gasteiger partial charge in [0, 0.05) is 18.0 Å². The Labute approximate surface area is 146 Å². The van der Waals surface area contributed by atoms with E-state index >= 15 is 0 Å². The van der Waals surface area contributed by atoms with Gasteiger partial charge in [-0.05, 0) is 55.2 Å². The molecule has 0 aliphatic carbocycles. The van der Waals surface area contributed by atoms with Crippen molar-refractivity contribution in [1.82, 2.24) is 4.57 Å². The van der Waals surface area contributed by atoms with Crippen LogP contribution in [0.4, 0.5) is 0 Å². The van der Waals surface area contributed by atoms with Crippen molar-refractivity contribution in [3.63, 3.8) is 0 Å². The average molecular weight is 335 g/mol. The van der Waals surface area contributed by atoms with Gasteiger partial charge in [-0.1, -0.05) is 24.3 Å². The van der Waals surface area contributed by atoms with E-state index < -0.39 is 5.97 Å². The van der Waals surface area contributed by atoms with E-state index in [-0.39, 0.29) is 11.1 Å². The van der Waals surface area contributed by atoms with Gasteiger partial charge in [-0.15, -0.1) is 0 Å². The predicted octanol–water partition coefficient (Wildman–Crippen LogP) is 3.92. The zero-order valence-electron chi connectivity index (χ0n) is 15.1. The van der Waals surface area contributed by atoms with Crippen LogP contribution < -0.4 is 5.56 Å². The number of rotatable bonds is 2. The Morgan fingerprint density at radius 1 is 1.00 bits per heavy atom. The molecular weight excluding hydrogens is 314 g/mol. The minimum Gasteiger partial charge on any atom is -0.465 e. The van der Waals surface area contributed by atoms with Crippen molar-refractivity contribution in [3.8, 4) is 11.1 Å². The van der Waals surface area contributed by atoms with Gasteiger partial charge in [-0.3, -0.25) is 4.79 Å². The fourth-order valence-electron chi connectivity index (χ4n) is 3.22. The molecule has 3 aromatic rings. The summed E-state index contributed by atoms with van der Waals surface area (Å²) in [7, 11) is 2.99. The Morgan fingerprint density at radius 3 is 2.28 bits per heavy atom. The van der Waals surface area contributed by atoms with Crippen LogP contribution in [0.3, 0.4) is 0 Å². The van der Waals surface area contributed by atoms with E-state index in [1.807, 2.05) is 57.2 Å². The van der Waals surface area contributed by atoms with Crippen molar-refractivity contribution in [3.05, 3.63) is 69.0 Å². The van der Waals surface area contributed by atoms with Gasteiger partial charge >= 0.3 is 5.97 Å². The van der Waals surface area contributed by atoms with Crippen LogP contribution >= 0.6 is 0 Å². The van der Waals surface area contributed by atoms with Gasteiger partial charge in [-0.2, -0.15) is 0 Å². The van der Waals surface area contributed by atoms with E-state index in [0.29, 0.717) is 5.56 Å². The summed E-state index contributed by atoms with van der Waals surface area (Å²) < 4.78 is 6.45. The molecule has 0 saturated heterocycles. The Bertz CT molecular complexity index is 1060. The molecule has 0 amide bonds. The zero-order chi connectivity index (χ0) is 18.3. The topological polar surface area (TPSA) is 48.3 Å². The van der Waals surface area contributed by atoms with Gasteiger partial charge in [0.25, 0.3) is 5.56 Å². The van der Waals surface area contributed by atoms with Crippen molar-refractivity contribution >= 4 is 16.9 Å². The van der Waals surface area contributed by atoms with Crippen LogP contribution in [0.5, 0.6) is 0 Å². The molecule has 2 aromatic carbocycles. The number of hydrogen-bond donors (Lipinski definition) is 0. The van der Waals surface area contributed by atoms with E-state index in [1.165, 1.54) is 11.7 Å². The number of aromatic nitrogens is 1. The lowest BCUT2D eigenvalue weighted by Gasteiger charge is -2.17. The number of fused-ring (bicyclic) bond motifs is 1. The van der Waals surface area contributed by atoms with Crippen molar-refractivity contribution in [2.24, 2.45) is 7.05 Å². The molecule has 0 radical (unpaired) electrons. The Balaban J connectivity index is 2.62. The highest BCUT2D eigenvalue weighted by molar-refractivity contribution is 6.07. The van der Waals surface area contributed by atoms with Crippen molar-refractivity contribution in [2.45, 2.75) is 20.8 Å². The molecule has 25 heavy (non-hydrogen) atoms. The number of esters is 1. The summed E-state index contributed by atoms with van der Waals surface area (Å²) in [6.45, 7) is 6.01. The highest BCUT2D eigenvalue weighted by Crippen LogP contribution is 2.34. The molecule has 0 unspecified atom stereocenters. The highest BCUT2D eigenvalue weighted by atomic mass is 16.5. The summed E-state index contributed by atoms with van der Waals surface area (Å²) in [6, 6.07) is 11.8. The monoisotopic (exact) mass is 335 g/mol. The molecule has 1 aromatic heterocycles. The second kappa shape index (κ2) is 6.20. The standard InChI is InChI=1S/C21H21NO3/c1-12-8-6-7-9-15(12)18-16-10-13(2)14(3)11-17(16)22(4)20(23)19(18)21(24)25-5/h6-11H,1-5H3. The number of carbonyl (C=O) groups excluding carboxylic acids is 1. The molecule has 0 saturated carbocycles. The first-order chi connectivity index (χ1) is 11.9. The lowest BCUT2D eigenvalue weighted by molar-refractivity contribution is 0.0599. The van der Waals surface area contributed by atoms with Crippen molar-refractivity contribution < 1.29 is 9.53 Å². The molecule has 128 valence electrons. The molecular formula is C21H21NO3. The minimum atomic E-state index is -0.612. The van der Waals surface area contributed by atoms with E-state index in [9.17, 15) is 9.59 Å². The molecule has 0 N–H and O–H groups in total. The quantitative estimate of drug-likeness (QED) is 0.667. The van der Waals surface area contributed by atoms with Crippen LogP contribution in [0.2, 0.25) is 0 Å². The fraction of sp³-hybridized carbons (Fsp3) is 0.238. The largest absolute Gasteiger partial charge is 0.465 e. The summed E-state index contributed by atoms with van der Waals surface area (Å²) >= 11 is 0. The number of carbonyl (C=O) groups is 1. The van der Waals surface area contributed by atoms with Gasteiger partial charge in [0.2, 0.25) is 0 Å². The molecule has 4 nitrogen and oxygen atoms in total. The third-order valence-electron chi connectivity index (χ3n) is 4.82. The third-order valence-corrected chi connectivity index (χ3v) is 4.82. The maximum atomic E-state index is 12.9. The molecule has 0 aliphatic rings. The minimum absolute atomic E-state index is 0.0788. The maximum Gasteiger partial charge on any atom is 0.344 e. The smallest absolute Gasteiger partial charge is 0.344 e. The second-order valence-electron chi connectivity index (χ2n) is 6.37. The number of nitrogens with zero attached hydrogens (tertiary/aromatic N) is 1. The van der Waals surface area contributed by atoms with Crippen LogP contribution in [0.1, 0.15) is 27.0 Å². The van der Waals surface area contributed by atoms with Gasteiger partial charge in [0.15, 0.2) is 0 Å². The number of pyridine rings is 1. The van der Waals surface area contributed by atoms with E-state index in [4.69, 9.17) is 4.74 Å². The zero-order valence-corrected chi connectivity index (χ0v) is 15.1. The molecule has 0 aliphatic heterocycles. The van der Waals surface area contributed by atoms with Crippen LogP contribution in [0.15, 0.2) is 41.2 Å². The Morgan fingerprint density at radius 2 is 1.64 bits per heavy atom. The van der Waals surface area contributed by atoms with Crippen LogP contribution in [0, 0.1) is 20.8 Å². The van der Waals surface area contributed by atoms with E-state index in [2.05, 4.69) is 0 Å². The Kier molecular flexibility index (Phi) is 4.21. The van der Waals surface area contributed by atoms with Crippen LogP contribution in [0.25, 0.3) is 22.0 Å². The van der Waals surface area contributed by atoms with Crippen LogP contribution in [-0.4, -0.2) is 17.6 Å². The number of aryl methyl sites for hydroxylation is 4. The first kappa shape index (κ1) is 17.0. The normalized spacial score (nSPS) is 10.9. The summed E-state index contributed by atoms with van der Waals surface area (Å²) in [6.07, 6.45) is 0. The van der Waals surface area contributed by atoms with Gasteiger partial charge in [-0.25, -0.2) is 4.79 Å². The summed E-state index contributed by atoms with van der Waals surface area (Å²) in [5, 5.41) is 0.875. The first-order valence-corrected chi connectivity index (χ1v) is 8.15. The van der Waals surface area contributed by atoms with Gasteiger partial charge in [0.1, 0.15) is 5.56 Å². The maximum absolute atomic E-state index is 12.9. The number of benzene rings is 2. The van der Waals surface area contributed by atoms with Crippen molar-refractivity contribution in [1.29, 1.82) is 0 Å². The Hall–Kier alpha value is -2.88. The number of ether oxygens (including phenoxy) is 1. The summed E-state index contributed by atoms with van der Waals surface area (Å²) in [5.41, 5.74) is 5.26. The average Bonchev–Trinajstić information content (AvgIpc) is 2.60. The molecule has 0 bridgehead atoms. The summed E-state index contributed by atoms with van der Waals surface area (Å²) in [5.74, 6) is -0.612. The van der Waals surface area contributed by atoms with Gasteiger partial charge < -0.3 is 9.30 Å². The van der Waals surface area contributed by atoms with Gasteiger partial charge in [0.05, 0.1) is 12.6 Å².